The van der Waals surface area contributed by atoms with Gasteiger partial charge in [0.05, 0.1) is 5.71 Å². The average Bonchev–Trinajstić information content (AvgIpc) is 2.29. The van der Waals surface area contributed by atoms with E-state index in [9.17, 15) is 9.59 Å². The van der Waals surface area contributed by atoms with Crippen molar-refractivity contribution in [2.45, 2.75) is 13.3 Å². The first-order valence-electron chi connectivity index (χ1n) is 4.97. The Morgan fingerprint density at radius 1 is 1.47 bits per heavy atom. The molecule has 0 unspecified atom stereocenters. The summed E-state index contributed by atoms with van der Waals surface area (Å²) in [5, 5.41) is 4.41. The number of nitrogens with zero attached hydrogens (tertiary/aromatic N) is 1. The molecule has 0 aliphatic rings. The molecule has 0 aliphatic heterocycles. The van der Waals surface area contributed by atoms with E-state index in [1.165, 1.54) is 0 Å². The van der Waals surface area contributed by atoms with Crippen LogP contribution < -0.4 is 11.2 Å². The number of primary amides is 1. The average molecular weight is 254 g/mol. The summed E-state index contributed by atoms with van der Waals surface area (Å²) in [6.45, 7) is 1.87. The van der Waals surface area contributed by atoms with Gasteiger partial charge in [0.1, 0.15) is 0 Å². The van der Waals surface area contributed by atoms with Gasteiger partial charge in [-0.1, -0.05) is 30.7 Å². The van der Waals surface area contributed by atoms with E-state index < -0.39 is 11.8 Å². The maximum atomic E-state index is 10.9. The van der Waals surface area contributed by atoms with Crippen molar-refractivity contribution in [2.75, 3.05) is 0 Å². The summed E-state index contributed by atoms with van der Waals surface area (Å²) in [4.78, 5) is 21.5. The number of carbonyl (C=O) groups is 2. The Morgan fingerprint density at radius 3 is 2.71 bits per heavy atom. The second kappa shape index (κ2) is 6.00. The van der Waals surface area contributed by atoms with Crippen molar-refractivity contribution in [3.05, 3.63) is 34.9 Å². The highest BCUT2D eigenvalue weighted by atomic mass is 35.5. The van der Waals surface area contributed by atoms with E-state index in [0.29, 0.717) is 17.2 Å². The zero-order valence-corrected chi connectivity index (χ0v) is 9.99. The molecule has 2 amide bonds. The quantitative estimate of drug-likeness (QED) is 0.479. The van der Waals surface area contributed by atoms with Gasteiger partial charge in [0.15, 0.2) is 0 Å². The number of hydrazone groups is 1. The molecule has 90 valence electrons. The van der Waals surface area contributed by atoms with Crippen molar-refractivity contribution in [3.63, 3.8) is 0 Å². The predicted octanol–water partition coefficient (Wildman–Crippen LogP) is 1.06. The number of amides is 2. The standard InChI is InChI=1S/C11H12ClN3O2/c1-2-9(14-15-11(17)10(13)16)7-4-3-5-8(12)6-7/h3-6H,2H2,1H3,(H2,13,16)(H,15,17)/b14-9-. The van der Waals surface area contributed by atoms with Gasteiger partial charge >= 0.3 is 11.8 Å². The number of carbonyl (C=O) groups excluding carboxylic acids is 2. The molecule has 0 spiro atoms. The van der Waals surface area contributed by atoms with Gasteiger partial charge in [0.2, 0.25) is 0 Å². The van der Waals surface area contributed by atoms with Crippen LogP contribution in [0.3, 0.4) is 0 Å². The summed E-state index contributed by atoms with van der Waals surface area (Å²) in [6.07, 6.45) is 0.583. The van der Waals surface area contributed by atoms with Crippen LogP contribution >= 0.6 is 11.6 Å². The Bertz CT molecular complexity index is 472. The van der Waals surface area contributed by atoms with Crippen LogP contribution in [0.2, 0.25) is 5.02 Å². The minimum Gasteiger partial charge on any atom is -0.361 e. The lowest BCUT2D eigenvalue weighted by atomic mass is 10.1. The molecule has 0 heterocycles. The lowest BCUT2D eigenvalue weighted by Crippen LogP contribution is -2.33. The van der Waals surface area contributed by atoms with Gasteiger partial charge in [-0.2, -0.15) is 5.10 Å². The number of hydrogen-bond donors (Lipinski definition) is 2. The molecule has 0 atom stereocenters. The summed E-state index contributed by atoms with van der Waals surface area (Å²) >= 11 is 5.84. The molecule has 0 aliphatic carbocycles. The van der Waals surface area contributed by atoms with E-state index in [1.807, 2.05) is 13.0 Å². The van der Waals surface area contributed by atoms with E-state index in [2.05, 4.69) is 10.5 Å². The van der Waals surface area contributed by atoms with Gasteiger partial charge in [-0.25, -0.2) is 5.43 Å². The summed E-state index contributed by atoms with van der Waals surface area (Å²) in [5.74, 6) is -2.02. The topological polar surface area (TPSA) is 84.6 Å². The molecule has 3 N–H and O–H groups in total. The Morgan fingerprint density at radius 2 is 2.18 bits per heavy atom. The Kier molecular flexibility index (Phi) is 4.66. The molecular formula is C11H12ClN3O2. The van der Waals surface area contributed by atoms with E-state index in [1.54, 1.807) is 18.2 Å². The van der Waals surface area contributed by atoms with Crippen molar-refractivity contribution in [1.29, 1.82) is 0 Å². The summed E-state index contributed by atoms with van der Waals surface area (Å²) in [5.41, 5.74) is 8.26. The van der Waals surface area contributed by atoms with Crippen LogP contribution in [-0.4, -0.2) is 17.5 Å². The fraction of sp³-hybridized carbons (Fsp3) is 0.182. The number of nitrogens with two attached hydrogens (primary N) is 1. The van der Waals surface area contributed by atoms with Crippen LogP contribution in [0.5, 0.6) is 0 Å². The van der Waals surface area contributed by atoms with Crippen molar-refractivity contribution in [3.8, 4) is 0 Å². The minimum atomic E-state index is -1.07. The van der Waals surface area contributed by atoms with Gasteiger partial charge in [-0.15, -0.1) is 0 Å². The summed E-state index contributed by atoms with van der Waals surface area (Å²) in [6, 6.07) is 7.05. The van der Waals surface area contributed by atoms with E-state index in [-0.39, 0.29) is 0 Å². The van der Waals surface area contributed by atoms with Crippen LogP contribution in [0.15, 0.2) is 29.4 Å². The second-order valence-corrected chi connectivity index (χ2v) is 3.66. The molecule has 0 bridgehead atoms. The number of hydrogen-bond acceptors (Lipinski definition) is 3. The molecule has 0 saturated carbocycles. The molecular weight excluding hydrogens is 242 g/mol. The van der Waals surface area contributed by atoms with Gasteiger partial charge in [-0.3, -0.25) is 9.59 Å². The largest absolute Gasteiger partial charge is 0.361 e. The third kappa shape index (κ3) is 3.88. The van der Waals surface area contributed by atoms with Gasteiger partial charge in [0, 0.05) is 5.02 Å². The first-order chi connectivity index (χ1) is 8.04. The van der Waals surface area contributed by atoms with Crippen LogP contribution in [0.1, 0.15) is 18.9 Å². The normalized spacial score (nSPS) is 11.1. The lowest BCUT2D eigenvalue weighted by molar-refractivity contribution is -0.137. The van der Waals surface area contributed by atoms with E-state index in [4.69, 9.17) is 17.3 Å². The molecule has 0 radical (unpaired) electrons. The monoisotopic (exact) mass is 253 g/mol. The van der Waals surface area contributed by atoms with Gasteiger partial charge < -0.3 is 5.73 Å². The Balaban J connectivity index is 2.88. The number of benzene rings is 1. The summed E-state index contributed by atoms with van der Waals surface area (Å²) < 4.78 is 0. The van der Waals surface area contributed by atoms with Crippen LogP contribution in [-0.2, 0) is 9.59 Å². The van der Waals surface area contributed by atoms with Crippen LogP contribution in [0.25, 0.3) is 0 Å². The molecule has 0 saturated heterocycles. The lowest BCUT2D eigenvalue weighted by Gasteiger charge is -2.04. The van der Waals surface area contributed by atoms with Crippen molar-refractivity contribution >= 4 is 29.1 Å². The van der Waals surface area contributed by atoms with Crippen molar-refractivity contribution in [1.82, 2.24) is 5.43 Å². The van der Waals surface area contributed by atoms with E-state index in [0.717, 1.165) is 5.56 Å². The molecule has 5 nitrogen and oxygen atoms in total. The molecule has 1 rings (SSSR count). The minimum absolute atomic E-state index is 0.574. The number of rotatable bonds is 3. The maximum Gasteiger partial charge on any atom is 0.329 e. The molecule has 0 aromatic heterocycles. The van der Waals surface area contributed by atoms with Gasteiger partial charge in [0.25, 0.3) is 0 Å². The fourth-order valence-electron chi connectivity index (χ4n) is 1.19. The highest BCUT2D eigenvalue weighted by Gasteiger charge is 2.08. The predicted molar refractivity (Wildman–Crippen MR) is 65.6 cm³/mol. The molecule has 1 aromatic rings. The molecule has 6 heteroatoms. The van der Waals surface area contributed by atoms with Crippen molar-refractivity contribution < 1.29 is 9.59 Å². The molecule has 17 heavy (non-hydrogen) atoms. The number of halogens is 1. The first kappa shape index (κ1) is 13.2. The van der Waals surface area contributed by atoms with Crippen molar-refractivity contribution in [2.24, 2.45) is 10.8 Å². The third-order valence-corrected chi connectivity index (χ3v) is 2.24. The Hall–Kier alpha value is -1.88. The zero-order valence-electron chi connectivity index (χ0n) is 9.24. The SMILES string of the molecule is CC/C(=N/NC(=O)C(N)=O)c1cccc(Cl)c1. The van der Waals surface area contributed by atoms with Crippen LogP contribution in [0.4, 0.5) is 0 Å². The maximum absolute atomic E-state index is 10.9. The number of nitrogens with one attached hydrogen (secondary N) is 1. The highest BCUT2D eigenvalue weighted by molar-refractivity contribution is 6.34. The third-order valence-electron chi connectivity index (χ3n) is 2.01. The zero-order chi connectivity index (χ0) is 12.8. The smallest absolute Gasteiger partial charge is 0.329 e. The molecule has 1 aromatic carbocycles. The summed E-state index contributed by atoms with van der Waals surface area (Å²) in [7, 11) is 0. The highest BCUT2D eigenvalue weighted by Crippen LogP contribution is 2.12. The first-order valence-corrected chi connectivity index (χ1v) is 5.34. The van der Waals surface area contributed by atoms with Crippen LogP contribution in [0, 0.1) is 0 Å². The Labute approximate surface area is 104 Å². The van der Waals surface area contributed by atoms with E-state index >= 15 is 0 Å². The van der Waals surface area contributed by atoms with Gasteiger partial charge in [-0.05, 0) is 24.1 Å². The molecule has 0 fully saturated rings. The fourth-order valence-corrected chi connectivity index (χ4v) is 1.38. The second-order valence-electron chi connectivity index (χ2n) is 3.23.